The van der Waals surface area contributed by atoms with Crippen molar-refractivity contribution < 1.29 is 13.2 Å². The Kier molecular flexibility index (Phi) is 4.46. The largest absolute Gasteiger partial charge is 0.298 e. The second-order valence-corrected chi connectivity index (χ2v) is 7.46. The van der Waals surface area contributed by atoms with E-state index in [1.54, 1.807) is 24.3 Å². The number of sulfone groups is 1. The van der Waals surface area contributed by atoms with Gasteiger partial charge in [-0.1, -0.05) is 17.8 Å². The molecule has 0 bridgehead atoms. The maximum atomic E-state index is 11.4. The minimum absolute atomic E-state index is 0.253. The molecule has 0 radical (unpaired) electrons. The van der Waals surface area contributed by atoms with Crippen molar-refractivity contribution in [2.45, 2.75) is 14.7 Å². The summed E-state index contributed by atoms with van der Waals surface area (Å²) < 4.78 is 22.8. The Morgan fingerprint density at radius 1 is 1.14 bits per heavy atom. The molecule has 0 fully saturated rings. The number of hydrogen-bond acceptors (Lipinski definition) is 5. The van der Waals surface area contributed by atoms with E-state index >= 15 is 0 Å². The van der Waals surface area contributed by atoms with Gasteiger partial charge in [0, 0.05) is 21.6 Å². The maximum Gasteiger partial charge on any atom is 0.175 e. The van der Waals surface area contributed by atoms with Crippen LogP contribution >= 0.6 is 11.8 Å². The van der Waals surface area contributed by atoms with Gasteiger partial charge < -0.3 is 0 Å². The van der Waals surface area contributed by atoms with Crippen molar-refractivity contribution in [2.75, 3.05) is 6.26 Å². The van der Waals surface area contributed by atoms with Gasteiger partial charge in [0.05, 0.1) is 10.5 Å². The maximum absolute atomic E-state index is 11.4. The highest BCUT2D eigenvalue weighted by Crippen LogP contribution is 2.31. The van der Waals surface area contributed by atoms with Crippen molar-refractivity contribution in [2.24, 2.45) is 0 Å². The van der Waals surface area contributed by atoms with Crippen LogP contribution in [0.2, 0.25) is 0 Å². The number of nitrogens with zero attached hydrogens (tertiary/aromatic N) is 1. The first-order valence-electron chi connectivity index (χ1n) is 5.91. The van der Waals surface area contributed by atoms with E-state index in [0.717, 1.165) is 16.0 Å². The second-order valence-electron chi connectivity index (χ2n) is 4.33. The highest BCUT2D eigenvalue weighted by molar-refractivity contribution is 7.99. The number of nitriles is 1. The van der Waals surface area contributed by atoms with Crippen LogP contribution < -0.4 is 0 Å². The fraction of sp³-hybridized carbons (Fsp3) is 0.0667. The van der Waals surface area contributed by atoms with E-state index in [1.807, 2.05) is 0 Å². The monoisotopic (exact) mass is 317 g/mol. The van der Waals surface area contributed by atoms with Crippen molar-refractivity contribution in [1.82, 2.24) is 0 Å². The zero-order chi connectivity index (χ0) is 15.5. The van der Waals surface area contributed by atoms with Gasteiger partial charge in [-0.2, -0.15) is 5.26 Å². The Hall–Kier alpha value is -2.10. The van der Waals surface area contributed by atoms with E-state index in [-0.39, 0.29) is 4.90 Å². The molecule has 0 aliphatic rings. The molecule has 0 spiro atoms. The number of carbonyl (C=O) groups is 1. The van der Waals surface area contributed by atoms with E-state index in [2.05, 4.69) is 6.07 Å². The fourth-order valence-corrected chi connectivity index (χ4v) is 3.19. The van der Waals surface area contributed by atoms with Gasteiger partial charge in [-0.05, 0) is 36.4 Å². The van der Waals surface area contributed by atoms with Crippen LogP contribution in [0.15, 0.2) is 57.2 Å². The Labute approximate surface area is 127 Å². The topological polar surface area (TPSA) is 75.0 Å². The van der Waals surface area contributed by atoms with Crippen LogP contribution in [-0.2, 0) is 9.84 Å². The first-order chi connectivity index (χ1) is 9.94. The van der Waals surface area contributed by atoms with Crippen LogP contribution in [-0.4, -0.2) is 21.0 Å². The molecule has 0 heterocycles. The molecule has 4 nitrogen and oxygen atoms in total. The van der Waals surface area contributed by atoms with Crippen LogP contribution in [0.25, 0.3) is 0 Å². The lowest BCUT2D eigenvalue weighted by molar-refractivity contribution is 0.112. The average Bonchev–Trinajstić information content (AvgIpc) is 2.47. The third-order valence-corrected chi connectivity index (χ3v) is 4.95. The zero-order valence-electron chi connectivity index (χ0n) is 11.1. The van der Waals surface area contributed by atoms with Crippen LogP contribution in [0.5, 0.6) is 0 Å². The summed E-state index contributed by atoms with van der Waals surface area (Å²) >= 11 is 1.34. The number of carbonyl (C=O) groups excluding carboxylic acids is 1. The molecule has 2 aromatic carbocycles. The van der Waals surface area contributed by atoms with E-state index in [1.165, 1.54) is 30.0 Å². The highest BCUT2D eigenvalue weighted by Gasteiger charge is 2.09. The summed E-state index contributed by atoms with van der Waals surface area (Å²) in [6.07, 6.45) is 1.84. The highest BCUT2D eigenvalue weighted by atomic mass is 32.2. The van der Waals surface area contributed by atoms with Gasteiger partial charge in [0.25, 0.3) is 0 Å². The minimum atomic E-state index is -3.21. The summed E-state index contributed by atoms with van der Waals surface area (Å²) in [6, 6.07) is 13.4. The molecule has 106 valence electrons. The summed E-state index contributed by atoms with van der Waals surface area (Å²) in [5.74, 6) is 0. The Balaban J connectivity index is 2.31. The first-order valence-corrected chi connectivity index (χ1v) is 8.62. The van der Waals surface area contributed by atoms with Crippen molar-refractivity contribution >= 4 is 27.9 Å². The lowest BCUT2D eigenvalue weighted by Gasteiger charge is -2.05. The standard InChI is InChI=1S/C15H11NO3S2/c1-21(18,19)14-5-3-13(4-6-14)20-15-7-2-11(10-17)8-12(15)9-16/h2-8,10H,1H3. The van der Waals surface area contributed by atoms with E-state index < -0.39 is 9.84 Å². The molecule has 0 saturated heterocycles. The number of rotatable bonds is 4. The normalized spacial score (nSPS) is 10.9. The summed E-state index contributed by atoms with van der Waals surface area (Å²) in [7, 11) is -3.21. The quantitative estimate of drug-likeness (QED) is 0.810. The summed E-state index contributed by atoms with van der Waals surface area (Å²) in [4.78, 5) is 12.5. The van der Waals surface area contributed by atoms with E-state index in [0.29, 0.717) is 17.4 Å². The lowest BCUT2D eigenvalue weighted by Crippen LogP contribution is -1.96. The van der Waals surface area contributed by atoms with E-state index in [4.69, 9.17) is 5.26 Å². The molecule has 2 rings (SSSR count). The van der Waals surface area contributed by atoms with Crippen molar-refractivity contribution in [3.63, 3.8) is 0 Å². The van der Waals surface area contributed by atoms with Gasteiger partial charge in [0.15, 0.2) is 9.84 Å². The summed E-state index contributed by atoms with van der Waals surface area (Å²) in [6.45, 7) is 0. The van der Waals surface area contributed by atoms with Crippen molar-refractivity contribution in [3.8, 4) is 6.07 Å². The molecule has 0 saturated carbocycles. The molecule has 2 aromatic rings. The van der Waals surface area contributed by atoms with Crippen LogP contribution in [0, 0.1) is 11.3 Å². The molecule has 0 aromatic heterocycles. The molecular weight excluding hydrogens is 306 g/mol. The molecule has 0 unspecified atom stereocenters. The predicted octanol–water partition coefficient (Wildman–Crippen LogP) is 2.93. The smallest absolute Gasteiger partial charge is 0.175 e. The Bertz CT molecular complexity index is 819. The van der Waals surface area contributed by atoms with Gasteiger partial charge in [0.1, 0.15) is 12.4 Å². The molecule has 0 N–H and O–H groups in total. The number of benzene rings is 2. The summed E-state index contributed by atoms with van der Waals surface area (Å²) in [5, 5.41) is 9.11. The third kappa shape index (κ3) is 3.72. The predicted molar refractivity (Wildman–Crippen MR) is 80.2 cm³/mol. The van der Waals surface area contributed by atoms with Crippen molar-refractivity contribution in [1.29, 1.82) is 5.26 Å². The molecule has 0 aliphatic heterocycles. The van der Waals surface area contributed by atoms with Gasteiger partial charge in [-0.15, -0.1) is 0 Å². The molecule has 0 atom stereocenters. The van der Waals surface area contributed by atoms with Crippen molar-refractivity contribution in [3.05, 3.63) is 53.6 Å². The minimum Gasteiger partial charge on any atom is -0.298 e. The van der Waals surface area contributed by atoms with Gasteiger partial charge in [-0.25, -0.2) is 8.42 Å². The molecule has 21 heavy (non-hydrogen) atoms. The van der Waals surface area contributed by atoms with Crippen LogP contribution in [0.1, 0.15) is 15.9 Å². The van der Waals surface area contributed by atoms with Gasteiger partial charge in [0.2, 0.25) is 0 Å². The zero-order valence-corrected chi connectivity index (χ0v) is 12.7. The lowest BCUT2D eigenvalue weighted by atomic mass is 10.1. The Morgan fingerprint density at radius 2 is 1.81 bits per heavy atom. The molecular formula is C15H11NO3S2. The molecule has 0 aliphatic carbocycles. The second kappa shape index (κ2) is 6.12. The third-order valence-electron chi connectivity index (χ3n) is 2.74. The number of aldehydes is 1. The number of hydrogen-bond donors (Lipinski definition) is 0. The first kappa shape index (κ1) is 15.3. The summed E-state index contributed by atoms with van der Waals surface area (Å²) in [5.41, 5.74) is 0.861. The average molecular weight is 317 g/mol. The Morgan fingerprint density at radius 3 is 2.33 bits per heavy atom. The fourth-order valence-electron chi connectivity index (χ4n) is 1.68. The SMILES string of the molecule is CS(=O)(=O)c1ccc(Sc2ccc(C=O)cc2C#N)cc1. The molecule has 6 heteroatoms. The van der Waals surface area contributed by atoms with Crippen LogP contribution in [0.3, 0.4) is 0 Å². The van der Waals surface area contributed by atoms with Gasteiger partial charge in [-0.3, -0.25) is 4.79 Å². The van der Waals surface area contributed by atoms with E-state index in [9.17, 15) is 13.2 Å². The van der Waals surface area contributed by atoms with Gasteiger partial charge >= 0.3 is 0 Å². The molecule has 0 amide bonds. The van der Waals surface area contributed by atoms with Crippen LogP contribution in [0.4, 0.5) is 0 Å².